The number of carbonyl (C=O) groups is 2. The fourth-order valence-electron chi connectivity index (χ4n) is 2.64. The van der Waals surface area contributed by atoms with Gasteiger partial charge in [0.15, 0.2) is 0 Å². The standard InChI is InChI=1S/C16H21NO4S/c1-22(20,21)10-2-9-17-16(19)13-5-3-12(4-6-13)14-7-8-15(18)11-14/h3-6,14H,2,7-11H2,1H3,(H,17,19)/t14-/m1/s1. The number of hydrogen-bond donors (Lipinski definition) is 1. The molecule has 120 valence electrons. The van der Waals surface area contributed by atoms with Crippen LogP contribution in [0.3, 0.4) is 0 Å². The van der Waals surface area contributed by atoms with Crippen molar-refractivity contribution in [3.8, 4) is 0 Å². The van der Waals surface area contributed by atoms with Gasteiger partial charge < -0.3 is 5.32 Å². The van der Waals surface area contributed by atoms with Gasteiger partial charge >= 0.3 is 0 Å². The van der Waals surface area contributed by atoms with Gasteiger partial charge in [0.25, 0.3) is 5.91 Å². The molecule has 22 heavy (non-hydrogen) atoms. The number of Topliss-reactive ketones (excluding diaryl/α,β-unsaturated/α-hetero) is 1. The average molecular weight is 323 g/mol. The number of hydrogen-bond acceptors (Lipinski definition) is 4. The lowest BCUT2D eigenvalue weighted by atomic mass is 9.96. The Hall–Kier alpha value is -1.69. The highest BCUT2D eigenvalue weighted by Gasteiger charge is 2.23. The zero-order valence-corrected chi connectivity index (χ0v) is 13.5. The Morgan fingerprint density at radius 2 is 1.95 bits per heavy atom. The second kappa shape index (κ2) is 7.05. The molecule has 1 aliphatic rings. The van der Waals surface area contributed by atoms with Crippen LogP contribution in [0.15, 0.2) is 24.3 Å². The van der Waals surface area contributed by atoms with Crippen molar-refractivity contribution in [1.82, 2.24) is 5.32 Å². The van der Waals surface area contributed by atoms with E-state index < -0.39 is 9.84 Å². The van der Waals surface area contributed by atoms with E-state index in [1.54, 1.807) is 12.1 Å². The molecule has 1 atom stereocenters. The number of rotatable bonds is 6. The van der Waals surface area contributed by atoms with Crippen LogP contribution in [-0.2, 0) is 14.6 Å². The highest BCUT2D eigenvalue weighted by Crippen LogP contribution is 2.31. The van der Waals surface area contributed by atoms with E-state index in [4.69, 9.17) is 0 Å². The first kappa shape index (κ1) is 16.7. The molecule has 0 aliphatic heterocycles. The van der Waals surface area contributed by atoms with Crippen molar-refractivity contribution < 1.29 is 18.0 Å². The first-order valence-electron chi connectivity index (χ1n) is 7.43. The summed E-state index contributed by atoms with van der Waals surface area (Å²) in [6, 6.07) is 7.30. The minimum Gasteiger partial charge on any atom is -0.352 e. The molecule has 6 heteroatoms. The second-order valence-corrected chi connectivity index (χ2v) is 8.10. The SMILES string of the molecule is CS(=O)(=O)CCCNC(=O)c1ccc([C@@H]2CCC(=O)C2)cc1. The van der Waals surface area contributed by atoms with Crippen LogP contribution >= 0.6 is 0 Å². The molecular formula is C16H21NO4S. The minimum atomic E-state index is -2.99. The Morgan fingerprint density at radius 1 is 1.27 bits per heavy atom. The van der Waals surface area contributed by atoms with Crippen molar-refractivity contribution >= 4 is 21.5 Å². The smallest absolute Gasteiger partial charge is 0.251 e. The van der Waals surface area contributed by atoms with Gasteiger partial charge in [-0.05, 0) is 36.5 Å². The number of nitrogens with one attached hydrogen (secondary N) is 1. The Bertz CT molecular complexity index is 649. The normalized spacial score (nSPS) is 18.4. The number of benzene rings is 1. The van der Waals surface area contributed by atoms with Gasteiger partial charge in [-0.25, -0.2) is 8.42 Å². The van der Waals surface area contributed by atoms with Crippen molar-refractivity contribution in [2.75, 3.05) is 18.6 Å². The molecular weight excluding hydrogens is 302 g/mol. The molecule has 2 rings (SSSR count). The van der Waals surface area contributed by atoms with Crippen LogP contribution in [0.4, 0.5) is 0 Å². The molecule has 0 radical (unpaired) electrons. The van der Waals surface area contributed by atoms with Crippen molar-refractivity contribution in [3.63, 3.8) is 0 Å². The van der Waals surface area contributed by atoms with Crippen molar-refractivity contribution in [1.29, 1.82) is 0 Å². The van der Waals surface area contributed by atoms with Crippen LogP contribution in [0, 0.1) is 0 Å². The summed E-state index contributed by atoms with van der Waals surface area (Å²) in [5.41, 5.74) is 1.65. The maximum Gasteiger partial charge on any atom is 0.251 e. The summed E-state index contributed by atoms with van der Waals surface area (Å²) in [5.74, 6) is 0.446. The van der Waals surface area contributed by atoms with Crippen LogP contribution in [-0.4, -0.2) is 38.7 Å². The molecule has 1 N–H and O–H groups in total. The van der Waals surface area contributed by atoms with Crippen LogP contribution in [0.1, 0.15) is 47.5 Å². The fourth-order valence-corrected chi connectivity index (χ4v) is 3.31. The molecule has 0 spiro atoms. The van der Waals surface area contributed by atoms with E-state index in [1.165, 1.54) is 6.26 Å². The molecule has 0 unspecified atom stereocenters. The first-order valence-corrected chi connectivity index (χ1v) is 9.49. The number of ketones is 1. The Labute approximate surface area is 131 Å². The summed E-state index contributed by atoms with van der Waals surface area (Å²) in [7, 11) is -2.99. The molecule has 0 heterocycles. The fraction of sp³-hybridized carbons (Fsp3) is 0.500. The zero-order chi connectivity index (χ0) is 16.2. The lowest BCUT2D eigenvalue weighted by Gasteiger charge is -2.10. The van der Waals surface area contributed by atoms with E-state index in [9.17, 15) is 18.0 Å². The van der Waals surface area contributed by atoms with Gasteiger partial charge in [0.05, 0.1) is 5.75 Å². The molecule has 0 bridgehead atoms. The molecule has 0 aromatic heterocycles. The quantitative estimate of drug-likeness (QED) is 0.808. The number of sulfone groups is 1. The molecule has 1 aromatic rings. The second-order valence-electron chi connectivity index (χ2n) is 5.84. The van der Waals surface area contributed by atoms with Gasteiger partial charge in [0.2, 0.25) is 0 Å². The molecule has 5 nitrogen and oxygen atoms in total. The molecule has 1 amide bonds. The molecule has 1 saturated carbocycles. The van der Waals surface area contributed by atoms with E-state index in [-0.39, 0.29) is 17.6 Å². The topological polar surface area (TPSA) is 80.3 Å². The first-order chi connectivity index (χ1) is 10.3. The van der Waals surface area contributed by atoms with Gasteiger partial charge in [0, 0.05) is 31.2 Å². The third-order valence-electron chi connectivity index (χ3n) is 3.87. The van der Waals surface area contributed by atoms with Gasteiger partial charge in [-0.15, -0.1) is 0 Å². The van der Waals surface area contributed by atoms with Crippen LogP contribution in [0.2, 0.25) is 0 Å². The highest BCUT2D eigenvalue weighted by molar-refractivity contribution is 7.90. The predicted octanol–water partition coefficient (Wildman–Crippen LogP) is 1.69. The molecule has 1 fully saturated rings. The van der Waals surface area contributed by atoms with Crippen molar-refractivity contribution in [3.05, 3.63) is 35.4 Å². The minimum absolute atomic E-state index is 0.0714. The Balaban J connectivity index is 1.84. The summed E-state index contributed by atoms with van der Waals surface area (Å²) in [6.07, 6.45) is 3.72. The third kappa shape index (κ3) is 4.94. The Kier molecular flexibility index (Phi) is 5.34. The van der Waals surface area contributed by atoms with Crippen LogP contribution < -0.4 is 5.32 Å². The summed E-state index contributed by atoms with van der Waals surface area (Å²) >= 11 is 0. The van der Waals surface area contributed by atoms with Gasteiger partial charge in [-0.1, -0.05) is 12.1 Å². The number of carbonyl (C=O) groups excluding carboxylic acids is 2. The Morgan fingerprint density at radius 3 is 2.50 bits per heavy atom. The maximum absolute atomic E-state index is 11.9. The van der Waals surface area contributed by atoms with Crippen molar-refractivity contribution in [2.45, 2.75) is 31.6 Å². The lowest BCUT2D eigenvalue weighted by Crippen LogP contribution is -2.25. The van der Waals surface area contributed by atoms with E-state index in [0.717, 1.165) is 12.0 Å². The van der Waals surface area contributed by atoms with Crippen LogP contribution in [0.5, 0.6) is 0 Å². The summed E-state index contributed by atoms with van der Waals surface area (Å²) in [4.78, 5) is 23.3. The predicted molar refractivity (Wildman–Crippen MR) is 84.7 cm³/mol. The average Bonchev–Trinajstić information content (AvgIpc) is 2.89. The zero-order valence-electron chi connectivity index (χ0n) is 12.7. The van der Waals surface area contributed by atoms with Gasteiger partial charge in [0.1, 0.15) is 15.6 Å². The monoisotopic (exact) mass is 323 g/mol. The number of amides is 1. The van der Waals surface area contributed by atoms with Crippen molar-refractivity contribution in [2.24, 2.45) is 0 Å². The largest absolute Gasteiger partial charge is 0.352 e. The maximum atomic E-state index is 11.9. The molecule has 0 saturated heterocycles. The van der Waals surface area contributed by atoms with Gasteiger partial charge in [-0.2, -0.15) is 0 Å². The van der Waals surface area contributed by atoms with E-state index in [0.29, 0.717) is 37.2 Å². The third-order valence-corrected chi connectivity index (χ3v) is 4.90. The highest BCUT2D eigenvalue weighted by atomic mass is 32.2. The van der Waals surface area contributed by atoms with Crippen LogP contribution in [0.25, 0.3) is 0 Å². The lowest BCUT2D eigenvalue weighted by molar-refractivity contribution is -0.117. The molecule has 1 aromatic carbocycles. The summed E-state index contributed by atoms with van der Waals surface area (Å²) in [6.45, 7) is 0.338. The van der Waals surface area contributed by atoms with Gasteiger partial charge in [-0.3, -0.25) is 9.59 Å². The van der Waals surface area contributed by atoms with E-state index >= 15 is 0 Å². The molecule has 1 aliphatic carbocycles. The van der Waals surface area contributed by atoms with E-state index in [2.05, 4.69) is 5.32 Å². The summed E-state index contributed by atoms with van der Waals surface area (Å²) in [5, 5.41) is 2.71. The summed E-state index contributed by atoms with van der Waals surface area (Å²) < 4.78 is 22.0. The van der Waals surface area contributed by atoms with E-state index in [1.807, 2.05) is 12.1 Å².